The molecule has 0 aliphatic carbocycles. The molecule has 0 saturated carbocycles. The number of nitrogens with one attached hydrogen (secondary N) is 1. The van der Waals surface area contributed by atoms with E-state index in [9.17, 15) is 9.90 Å². The van der Waals surface area contributed by atoms with Crippen molar-refractivity contribution in [3.63, 3.8) is 0 Å². The number of amides is 1. The molecule has 25 heavy (non-hydrogen) atoms. The van der Waals surface area contributed by atoms with Crippen LogP contribution >= 0.6 is 0 Å². The fourth-order valence-corrected chi connectivity index (χ4v) is 3.13. The number of anilines is 1. The first-order valence-electron chi connectivity index (χ1n) is 9.44. The van der Waals surface area contributed by atoms with Crippen molar-refractivity contribution in [3.05, 3.63) is 23.9 Å². The van der Waals surface area contributed by atoms with Crippen LogP contribution in [0.25, 0.3) is 0 Å². The summed E-state index contributed by atoms with van der Waals surface area (Å²) in [4.78, 5) is 19.1. The van der Waals surface area contributed by atoms with Crippen molar-refractivity contribution in [1.82, 2.24) is 10.3 Å². The minimum Gasteiger partial charge on any atom is -0.388 e. The topological polar surface area (TPSA) is 65.5 Å². The summed E-state index contributed by atoms with van der Waals surface area (Å²) < 4.78 is 0. The molecule has 1 aliphatic rings. The van der Waals surface area contributed by atoms with E-state index in [4.69, 9.17) is 0 Å². The Morgan fingerprint density at radius 3 is 2.64 bits per heavy atom. The van der Waals surface area contributed by atoms with Crippen LogP contribution in [0.1, 0.15) is 52.0 Å². The molecular weight excluding hydrogens is 314 g/mol. The molecule has 140 valence electrons. The van der Waals surface area contributed by atoms with Crippen LogP contribution in [0.5, 0.6) is 0 Å². The second-order valence-corrected chi connectivity index (χ2v) is 8.10. The van der Waals surface area contributed by atoms with Gasteiger partial charge in [-0.2, -0.15) is 0 Å². The number of piperidine rings is 1. The Balaban J connectivity index is 1.76. The monoisotopic (exact) mass is 347 g/mol. The standard InChI is InChI=1S/C20H33N3O2/c1-15(2)7-10-20(4,25)14-22-19(24)17-8-11-23(12-9-17)18-6-5-16(3)13-21-18/h5-6,13,15,17,25H,7-12,14H2,1-4H3,(H,22,24). The van der Waals surface area contributed by atoms with Gasteiger partial charge in [0.2, 0.25) is 5.91 Å². The molecule has 5 nitrogen and oxygen atoms in total. The van der Waals surface area contributed by atoms with E-state index in [1.54, 1.807) is 6.92 Å². The number of carbonyl (C=O) groups is 1. The zero-order valence-corrected chi connectivity index (χ0v) is 16.1. The quantitative estimate of drug-likeness (QED) is 0.796. The number of hydrogen-bond acceptors (Lipinski definition) is 4. The summed E-state index contributed by atoms with van der Waals surface area (Å²) >= 11 is 0. The fourth-order valence-electron chi connectivity index (χ4n) is 3.13. The lowest BCUT2D eigenvalue weighted by Gasteiger charge is -2.33. The number of hydrogen-bond donors (Lipinski definition) is 2. The second kappa shape index (κ2) is 8.65. The maximum absolute atomic E-state index is 12.4. The summed E-state index contributed by atoms with van der Waals surface area (Å²) in [5, 5.41) is 13.3. The van der Waals surface area contributed by atoms with E-state index in [0.29, 0.717) is 18.9 Å². The predicted molar refractivity (Wildman–Crippen MR) is 102 cm³/mol. The van der Waals surface area contributed by atoms with Crippen molar-refractivity contribution >= 4 is 11.7 Å². The van der Waals surface area contributed by atoms with E-state index >= 15 is 0 Å². The average molecular weight is 348 g/mol. The molecular formula is C20H33N3O2. The minimum absolute atomic E-state index is 0.0302. The first kappa shape index (κ1) is 19.7. The Bertz CT molecular complexity index is 547. The molecule has 0 aromatic carbocycles. The highest BCUT2D eigenvalue weighted by molar-refractivity contribution is 5.79. The number of aliphatic hydroxyl groups is 1. The van der Waals surface area contributed by atoms with Crippen LogP contribution in [0.2, 0.25) is 0 Å². The van der Waals surface area contributed by atoms with Crippen LogP contribution in [-0.4, -0.2) is 41.2 Å². The highest BCUT2D eigenvalue weighted by Crippen LogP contribution is 2.22. The third kappa shape index (κ3) is 6.31. The Morgan fingerprint density at radius 1 is 1.40 bits per heavy atom. The van der Waals surface area contributed by atoms with Gasteiger partial charge in [0.05, 0.1) is 5.60 Å². The third-order valence-electron chi connectivity index (χ3n) is 4.99. The molecule has 0 radical (unpaired) electrons. The van der Waals surface area contributed by atoms with Gasteiger partial charge in [-0.1, -0.05) is 19.9 Å². The molecule has 1 atom stereocenters. The lowest BCUT2D eigenvalue weighted by molar-refractivity contribution is -0.126. The highest BCUT2D eigenvalue weighted by atomic mass is 16.3. The second-order valence-electron chi connectivity index (χ2n) is 8.10. The zero-order chi connectivity index (χ0) is 18.4. The Hall–Kier alpha value is -1.62. The van der Waals surface area contributed by atoms with Gasteiger partial charge in [0.25, 0.3) is 0 Å². The molecule has 1 aromatic rings. The summed E-state index contributed by atoms with van der Waals surface area (Å²) in [6.07, 6.45) is 5.21. The third-order valence-corrected chi connectivity index (χ3v) is 4.99. The summed E-state index contributed by atoms with van der Waals surface area (Å²) in [5.74, 6) is 1.65. The zero-order valence-electron chi connectivity index (χ0n) is 16.1. The van der Waals surface area contributed by atoms with Gasteiger partial charge in [0.1, 0.15) is 5.82 Å². The van der Waals surface area contributed by atoms with Gasteiger partial charge in [0.15, 0.2) is 0 Å². The summed E-state index contributed by atoms with van der Waals surface area (Å²) in [5.41, 5.74) is 0.328. The number of pyridine rings is 1. The van der Waals surface area contributed by atoms with Gasteiger partial charge < -0.3 is 15.3 Å². The number of carbonyl (C=O) groups excluding carboxylic acids is 1. The number of aryl methyl sites for hydroxylation is 1. The molecule has 1 amide bonds. The SMILES string of the molecule is Cc1ccc(N2CCC(C(=O)NCC(C)(O)CCC(C)C)CC2)nc1. The summed E-state index contributed by atoms with van der Waals surface area (Å²) in [7, 11) is 0. The fraction of sp³-hybridized carbons (Fsp3) is 0.700. The van der Waals surface area contributed by atoms with Crippen LogP contribution in [0.3, 0.4) is 0 Å². The van der Waals surface area contributed by atoms with E-state index in [0.717, 1.165) is 43.7 Å². The lowest BCUT2D eigenvalue weighted by Crippen LogP contribution is -2.45. The molecule has 0 spiro atoms. The van der Waals surface area contributed by atoms with E-state index in [-0.39, 0.29) is 11.8 Å². The van der Waals surface area contributed by atoms with Gasteiger partial charge in [-0.15, -0.1) is 0 Å². The van der Waals surface area contributed by atoms with Crippen molar-refractivity contribution < 1.29 is 9.90 Å². The Kier molecular flexibility index (Phi) is 6.82. The van der Waals surface area contributed by atoms with E-state index in [1.165, 1.54) is 0 Å². The van der Waals surface area contributed by atoms with E-state index < -0.39 is 5.60 Å². The molecule has 1 aliphatic heterocycles. The molecule has 1 unspecified atom stereocenters. The van der Waals surface area contributed by atoms with Gasteiger partial charge in [-0.25, -0.2) is 4.98 Å². The number of aromatic nitrogens is 1. The number of nitrogens with zero attached hydrogens (tertiary/aromatic N) is 2. The Morgan fingerprint density at radius 2 is 2.08 bits per heavy atom. The van der Waals surface area contributed by atoms with Crippen molar-refractivity contribution in [2.24, 2.45) is 11.8 Å². The van der Waals surface area contributed by atoms with Crippen molar-refractivity contribution in [2.75, 3.05) is 24.5 Å². The first-order valence-corrected chi connectivity index (χ1v) is 9.44. The van der Waals surface area contributed by atoms with Crippen LogP contribution in [0.4, 0.5) is 5.82 Å². The van der Waals surface area contributed by atoms with Gasteiger partial charge >= 0.3 is 0 Å². The molecule has 1 fully saturated rings. The largest absolute Gasteiger partial charge is 0.388 e. The van der Waals surface area contributed by atoms with Crippen molar-refractivity contribution in [1.29, 1.82) is 0 Å². The molecule has 1 aromatic heterocycles. The maximum Gasteiger partial charge on any atom is 0.223 e. The molecule has 5 heteroatoms. The summed E-state index contributed by atoms with van der Waals surface area (Å²) in [6.45, 7) is 10.1. The first-order chi connectivity index (χ1) is 11.8. The molecule has 2 rings (SSSR count). The van der Waals surface area contributed by atoms with Gasteiger partial charge in [-0.3, -0.25) is 4.79 Å². The van der Waals surface area contributed by atoms with E-state index in [1.807, 2.05) is 19.2 Å². The predicted octanol–water partition coefficient (Wildman–Crippen LogP) is 2.91. The summed E-state index contributed by atoms with van der Waals surface area (Å²) in [6, 6.07) is 4.11. The molecule has 2 N–H and O–H groups in total. The normalized spacial score (nSPS) is 18.2. The van der Waals surface area contributed by atoms with Crippen molar-refractivity contribution in [3.8, 4) is 0 Å². The van der Waals surface area contributed by atoms with Crippen LogP contribution < -0.4 is 10.2 Å². The lowest BCUT2D eigenvalue weighted by atomic mass is 9.93. The van der Waals surface area contributed by atoms with Crippen molar-refractivity contribution in [2.45, 2.75) is 59.0 Å². The molecule has 0 bridgehead atoms. The molecule has 1 saturated heterocycles. The maximum atomic E-state index is 12.4. The van der Waals surface area contributed by atoms with Crippen LogP contribution in [0.15, 0.2) is 18.3 Å². The van der Waals surface area contributed by atoms with Crippen LogP contribution in [0, 0.1) is 18.8 Å². The number of rotatable bonds is 7. The minimum atomic E-state index is -0.827. The van der Waals surface area contributed by atoms with Gasteiger partial charge in [-0.05, 0) is 57.1 Å². The van der Waals surface area contributed by atoms with E-state index in [2.05, 4.69) is 35.1 Å². The molecule has 2 heterocycles. The van der Waals surface area contributed by atoms with Crippen LogP contribution in [-0.2, 0) is 4.79 Å². The average Bonchev–Trinajstić information content (AvgIpc) is 2.59. The highest BCUT2D eigenvalue weighted by Gasteiger charge is 2.28. The van der Waals surface area contributed by atoms with Gasteiger partial charge in [0, 0.05) is 31.7 Å². The smallest absolute Gasteiger partial charge is 0.223 e. The Labute approximate surface area is 151 Å².